The molecule has 0 unspecified atom stereocenters. The predicted molar refractivity (Wildman–Crippen MR) is 133 cm³/mol. The third-order valence-corrected chi connectivity index (χ3v) is 5.98. The third kappa shape index (κ3) is 4.59. The van der Waals surface area contributed by atoms with Crippen molar-refractivity contribution in [2.45, 2.75) is 20.1 Å². The first-order chi connectivity index (χ1) is 17.8. The van der Waals surface area contributed by atoms with E-state index >= 15 is 0 Å². The lowest BCUT2D eigenvalue weighted by atomic mass is 9.98. The maximum Gasteiger partial charge on any atom is 0.519 e. The summed E-state index contributed by atoms with van der Waals surface area (Å²) in [6.45, 7) is 1.41. The van der Waals surface area contributed by atoms with E-state index in [1.807, 2.05) is 36.4 Å². The number of amides is 1. The fourth-order valence-corrected chi connectivity index (χ4v) is 4.17. The number of hydrogen-bond acceptors (Lipinski definition) is 7. The van der Waals surface area contributed by atoms with Gasteiger partial charge in [0, 0.05) is 5.56 Å². The van der Waals surface area contributed by atoms with Crippen LogP contribution in [0.2, 0.25) is 0 Å². The highest BCUT2D eigenvalue weighted by Gasteiger charge is 2.19. The summed E-state index contributed by atoms with van der Waals surface area (Å²) >= 11 is 0. The Labute approximate surface area is 208 Å². The number of nitrogens with two attached hydrogens (primary N) is 1. The minimum absolute atomic E-state index is 0.106. The van der Waals surface area contributed by atoms with Crippen LogP contribution in [0.5, 0.6) is 0 Å². The minimum atomic E-state index is -0.880. The number of hydrogen-bond donors (Lipinski definition) is 2. The predicted octanol–water partition coefficient (Wildman–Crippen LogP) is 3.36. The minimum Gasteiger partial charge on any atom is -0.454 e. The average Bonchev–Trinajstić information content (AvgIpc) is 3.39. The van der Waals surface area contributed by atoms with Crippen LogP contribution in [-0.2, 0) is 17.9 Å². The van der Waals surface area contributed by atoms with Crippen molar-refractivity contribution in [2.24, 2.45) is 5.73 Å². The maximum absolute atomic E-state index is 12.9. The Kier molecular flexibility index (Phi) is 6.06. The lowest BCUT2D eigenvalue weighted by Crippen LogP contribution is -2.18. The second-order valence-electron chi connectivity index (χ2n) is 8.33. The summed E-state index contributed by atoms with van der Waals surface area (Å²) in [5.74, 6) is -1.77. The van der Waals surface area contributed by atoms with E-state index in [4.69, 9.17) is 19.3 Å². The van der Waals surface area contributed by atoms with Gasteiger partial charge in [0.05, 0.1) is 23.1 Å². The number of nitrogens with one attached hydrogen (secondary N) is 1. The molecule has 10 heteroatoms. The van der Waals surface area contributed by atoms with Crippen molar-refractivity contribution >= 4 is 22.9 Å². The molecule has 0 radical (unpaired) electrons. The van der Waals surface area contributed by atoms with Gasteiger partial charge in [-0.15, -0.1) is 0 Å². The summed E-state index contributed by atoms with van der Waals surface area (Å²) in [6.07, 6.45) is 0. The van der Waals surface area contributed by atoms with E-state index < -0.39 is 23.4 Å². The fourth-order valence-electron chi connectivity index (χ4n) is 4.17. The molecule has 5 rings (SSSR count). The van der Waals surface area contributed by atoms with Gasteiger partial charge in [-0.25, -0.2) is 14.4 Å². The van der Waals surface area contributed by atoms with Crippen LogP contribution in [0.25, 0.3) is 22.2 Å². The quantitative estimate of drug-likeness (QED) is 0.326. The number of esters is 1. The first-order valence-electron chi connectivity index (χ1n) is 11.3. The van der Waals surface area contributed by atoms with Gasteiger partial charge < -0.3 is 24.3 Å². The van der Waals surface area contributed by atoms with Crippen LogP contribution in [-0.4, -0.2) is 21.4 Å². The Hall–Kier alpha value is -5.12. The fraction of sp³-hybridized carbons (Fsp3) is 0.111. The number of benzene rings is 3. The van der Waals surface area contributed by atoms with Gasteiger partial charge in [0.2, 0.25) is 5.91 Å². The van der Waals surface area contributed by atoms with E-state index in [0.29, 0.717) is 22.2 Å². The second kappa shape index (κ2) is 9.50. The normalized spacial score (nSPS) is 11.1. The molecule has 186 valence electrons. The molecular formula is C27H21N3O7. The van der Waals surface area contributed by atoms with E-state index in [-0.39, 0.29) is 30.2 Å². The maximum atomic E-state index is 12.9. The van der Waals surface area contributed by atoms with Gasteiger partial charge in [-0.3, -0.25) is 9.36 Å². The van der Waals surface area contributed by atoms with Crippen molar-refractivity contribution in [2.75, 3.05) is 0 Å². The number of aromatic nitrogens is 2. The molecule has 0 saturated carbocycles. The number of aryl methyl sites for hydroxylation is 1. The van der Waals surface area contributed by atoms with E-state index in [0.717, 1.165) is 11.1 Å². The van der Waals surface area contributed by atoms with Crippen molar-refractivity contribution in [1.82, 2.24) is 9.55 Å². The van der Waals surface area contributed by atoms with Gasteiger partial charge in [0.15, 0.2) is 18.1 Å². The Morgan fingerprint density at radius 1 is 0.946 bits per heavy atom. The van der Waals surface area contributed by atoms with Gasteiger partial charge in [0.1, 0.15) is 0 Å². The van der Waals surface area contributed by atoms with Gasteiger partial charge >= 0.3 is 17.5 Å². The molecule has 37 heavy (non-hydrogen) atoms. The van der Waals surface area contributed by atoms with Crippen LogP contribution in [0.3, 0.4) is 0 Å². The number of carbonyl (C=O) groups is 2. The number of para-hydroxylation sites is 1. The number of H-pyrrole nitrogens is 1. The molecule has 3 aromatic carbocycles. The number of aromatic amines is 1. The summed E-state index contributed by atoms with van der Waals surface area (Å²) in [6, 6.07) is 19.3. The molecule has 0 atom stereocenters. The Morgan fingerprint density at radius 2 is 1.68 bits per heavy atom. The number of fused-ring (bicyclic) bond motifs is 1. The summed E-state index contributed by atoms with van der Waals surface area (Å²) in [5, 5.41) is 0. The molecule has 0 bridgehead atoms. The molecule has 10 nitrogen and oxygen atoms in total. The van der Waals surface area contributed by atoms with E-state index in [9.17, 15) is 19.2 Å². The van der Waals surface area contributed by atoms with Crippen molar-refractivity contribution in [3.05, 3.63) is 116 Å². The lowest BCUT2D eigenvalue weighted by molar-refractivity contribution is 0.0444. The SMILES string of the molecule is Cc1oc(=O)oc1COC(=O)c1cccc2[nH]c(=O)n(Cc3ccc(-c4ccccc4C(N)=O)cc3)c12. The highest BCUT2D eigenvalue weighted by Crippen LogP contribution is 2.25. The number of imidazole rings is 1. The highest BCUT2D eigenvalue weighted by atomic mass is 16.6. The number of primary amides is 1. The average molecular weight is 499 g/mol. The van der Waals surface area contributed by atoms with Crippen molar-refractivity contribution in [1.29, 1.82) is 0 Å². The van der Waals surface area contributed by atoms with Crippen molar-refractivity contribution in [3.63, 3.8) is 0 Å². The Morgan fingerprint density at radius 3 is 2.38 bits per heavy atom. The molecule has 1 amide bonds. The number of nitrogens with zero attached hydrogens (tertiary/aromatic N) is 1. The smallest absolute Gasteiger partial charge is 0.454 e. The molecule has 2 heterocycles. The molecule has 0 aliphatic heterocycles. The summed E-state index contributed by atoms with van der Waals surface area (Å²) < 4.78 is 16.4. The molecule has 2 aromatic heterocycles. The third-order valence-electron chi connectivity index (χ3n) is 5.98. The first-order valence-corrected chi connectivity index (χ1v) is 11.3. The molecule has 5 aromatic rings. The molecule has 0 saturated heterocycles. The van der Waals surface area contributed by atoms with Crippen LogP contribution >= 0.6 is 0 Å². The molecule has 0 fully saturated rings. The number of carbonyl (C=O) groups excluding carboxylic acids is 2. The zero-order valence-electron chi connectivity index (χ0n) is 19.6. The Bertz CT molecular complexity index is 1750. The van der Waals surface area contributed by atoms with E-state index in [1.54, 1.807) is 30.3 Å². The largest absolute Gasteiger partial charge is 0.519 e. The zero-order valence-corrected chi connectivity index (χ0v) is 19.6. The van der Waals surface area contributed by atoms with Gasteiger partial charge in [-0.1, -0.05) is 48.5 Å². The van der Waals surface area contributed by atoms with Crippen LogP contribution < -0.4 is 17.2 Å². The first kappa shape index (κ1) is 23.6. The molecule has 0 spiro atoms. The lowest BCUT2D eigenvalue weighted by Gasteiger charge is -2.10. The van der Waals surface area contributed by atoms with Crippen LogP contribution in [0.4, 0.5) is 0 Å². The summed E-state index contributed by atoms with van der Waals surface area (Å²) in [7, 11) is 0. The van der Waals surface area contributed by atoms with Crippen molar-refractivity contribution < 1.29 is 23.2 Å². The molecule has 3 N–H and O–H groups in total. The summed E-state index contributed by atoms with van der Waals surface area (Å²) in [4.78, 5) is 51.5. The van der Waals surface area contributed by atoms with Crippen molar-refractivity contribution in [3.8, 4) is 11.1 Å². The van der Waals surface area contributed by atoms with Gasteiger partial charge in [-0.2, -0.15) is 0 Å². The standard InChI is InChI=1S/C27H21N3O7/c1-15-22(37-27(34)36-15)14-35-25(32)20-7-4-8-21-23(20)30(26(33)29-21)13-16-9-11-17(12-10-16)18-5-2-3-6-19(18)24(28)31/h2-12H,13-14H2,1H3,(H2,28,31)(H,29,33). The number of ether oxygens (including phenoxy) is 1. The van der Waals surface area contributed by atoms with Crippen LogP contribution in [0, 0.1) is 6.92 Å². The number of rotatable bonds is 7. The zero-order chi connectivity index (χ0) is 26.1. The van der Waals surface area contributed by atoms with Crippen LogP contribution in [0.1, 0.15) is 37.8 Å². The highest BCUT2D eigenvalue weighted by molar-refractivity contribution is 6.02. The molecule has 0 aliphatic carbocycles. The monoisotopic (exact) mass is 499 g/mol. The summed E-state index contributed by atoms with van der Waals surface area (Å²) in [5.41, 5.74) is 8.85. The van der Waals surface area contributed by atoms with Gasteiger partial charge in [-0.05, 0) is 41.8 Å². The van der Waals surface area contributed by atoms with E-state index in [2.05, 4.69) is 4.98 Å². The van der Waals surface area contributed by atoms with E-state index in [1.165, 1.54) is 11.5 Å². The molecule has 0 aliphatic rings. The topological polar surface area (TPSA) is 151 Å². The second-order valence-corrected chi connectivity index (χ2v) is 8.33. The Balaban J connectivity index is 1.44. The van der Waals surface area contributed by atoms with Crippen LogP contribution in [0.15, 0.2) is 85.2 Å². The van der Waals surface area contributed by atoms with Gasteiger partial charge in [0.25, 0.3) is 0 Å². The molecular weight excluding hydrogens is 478 g/mol.